The van der Waals surface area contributed by atoms with Crippen LogP contribution in [-0.4, -0.2) is 17.7 Å². The lowest BCUT2D eigenvalue weighted by atomic mass is 9.90. The van der Waals surface area contributed by atoms with Gasteiger partial charge in [0.1, 0.15) is 5.75 Å². The van der Waals surface area contributed by atoms with Gasteiger partial charge in [0, 0.05) is 4.47 Å². The van der Waals surface area contributed by atoms with Crippen molar-refractivity contribution in [3.05, 3.63) is 28.2 Å². The molecule has 4 nitrogen and oxygen atoms in total. The molecule has 1 aromatic carbocycles. The second-order valence-corrected chi connectivity index (χ2v) is 5.75. The Hall–Kier alpha value is -1.54. The zero-order valence-corrected chi connectivity index (χ0v) is 12.5. The molecule has 19 heavy (non-hydrogen) atoms. The van der Waals surface area contributed by atoms with Crippen LogP contribution in [0.1, 0.15) is 37.0 Å². The van der Waals surface area contributed by atoms with Crippen molar-refractivity contribution in [3.63, 3.8) is 0 Å². The molecular weight excluding hydrogens is 310 g/mol. The number of carboxylic acid groups (broad SMARTS) is 1. The fourth-order valence-corrected chi connectivity index (χ4v) is 1.93. The molecule has 0 aliphatic heterocycles. The van der Waals surface area contributed by atoms with E-state index in [0.29, 0.717) is 16.8 Å². The van der Waals surface area contributed by atoms with Gasteiger partial charge in [0.05, 0.1) is 23.7 Å². The highest BCUT2D eigenvalue weighted by molar-refractivity contribution is 9.10. The normalized spacial score (nSPS) is 10.8. The molecule has 0 aliphatic rings. The summed E-state index contributed by atoms with van der Waals surface area (Å²) < 4.78 is 6.02. The molecule has 0 atom stereocenters. The van der Waals surface area contributed by atoms with Crippen LogP contribution in [0.4, 0.5) is 0 Å². The molecule has 0 saturated heterocycles. The third-order valence-corrected chi connectivity index (χ3v) is 3.38. The minimum Gasteiger partial charge on any atom is -0.494 e. The highest BCUT2D eigenvalue weighted by atomic mass is 79.9. The zero-order valence-electron chi connectivity index (χ0n) is 10.9. The smallest absolute Gasteiger partial charge is 0.336 e. The van der Waals surface area contributed by atoms with E-state index in [1.54, 1.807) is 12.1 Å². The number of rotatable bonds is 6. The van der Waals surface area contributed by atoms with Crippen LogP contribution in [-0.2, 0) is 0 Å². The Kier molecular flexibility index (Phi) is 5.37. The third-order valence-electron chi connectivity index (χ3n) is 2.69. The van der Waals surface area contributed by atoms with Crippen molar-refractivity contribution in [2.75, 3.05) is 6.61 Å². The first-order valence-corrected chi connectivity index (χ1v) is 6.72. The van der Waals surface area contributed by atoms with Gasteiger partial charge in [-0.2, -0.15) is 5.26 Å². The first kappa shape index (κ1) is 15.5. The molecule has 1 aromatic rings. The molecule has 0 fully saturated rings. The number of nitrogens with zero attached hydrogens (tertiary/aromatic N) is 1. The molecule has 5 heteroatoms. The summed E-state index contributed by atoms with van der Waals surface area (Å²) in [5, 5.41) is 17.9. The molecule has 1 N–H and O–H groups in total. The van der Waals surface area contributed by atoms with Crippen LogP contribution in [0.5, 0.6) is 5.75 Å². The van der Waals surface area contributed by atoms with Crippen LogP contribution in [0.2, 0.25) is 0 Å². The molecular formula is C14H16BrNO3. The maximum atomic E-state index is 11.0. The summed E-state index contributed by atoms with van der Waals surface area (Å²) in [7, 11) is 0. The summed E-state index contributed by atoms with van der Waals surface area (Å²) in [5.74, 6) is -0.474. The van der Waals surface area contributed by atoms with Crippen LogP contribution >= 0.6 is 15.9 Å². The predicted molar refractivity (Wildman–Crippen MR) is 75.2 cm³/mol. The van der Waals surface area contributed by atoms with Crippen molar-refractivity contribution in [3.8, 4) is 11.8 Å². The topological polar surface area (TPSA) is 70.3 Å². The van der Waals surface area contributed by atoms with E-state index in [0.717, 1.165) is 12.8 Å². The summed E-state index contributed by atoms with van der Waals surface area (Å²) in [5.41, 5.74) is -0.176. The lowest BCUT2D eigenvalue weighted by molar-refractivity contribution is 0.0695. The summed E-state index contributed by atoms with van der Waals surface area (Å²) in [4.78, 5) is 11.0. The Morgan fingerprint density at radius 2 is 2.21 bits per heavy atom. The van der Waals surface area contributed by atoms with Gasteiger partial charge in [0.25, 0.3) is 0 Å². The van der Waals surface area contributed by atoms with Gasteiger partial charge >= 0.3 is 5.97 Å². The van der Waals surface area contributed by atoms with E-state index in [1.807, 2.05) is 13.8 Å². The van der Waals surface area contributed by atoms with Gasteiger partial charge in [-0.15, -0.1) is 0 Å². The largest absolute Gasteiger partial charge is 0.494 e. The van der Waals surface area contributed by atoms with E-state index in [9.17, 15) is 4.79 Å². The van der Waals surface area contributed by atoms with Crippen LogP contribution < -0.4 is 4.74 Å². The molecule has 0 saturated carbocycles. The highest BCUT2D eigenvalue weighted by Gasteiger charge is 2.16. The lowest BCUT2D eigenvalue weighted by Crippen LogP contribution is -2.10. The summed E-state index contributed by atoms with van der Waals surface area (Å²) in [6.07, 6.45) is 1.49. The average Bonchev–Trinajstić information content (AvgIpc) is 2.36. The first-order chi connectivity index (χ1) is 8.85. The van der Waals surface area contributed by atoms with Crippen molar-refractivity contribution >= 4 is 21.9 Å². The molecule has 0 amide bonds. The monoisotopic (exact) mass is 325 g/mol. The SMILES string of the molecule is CC(C)(C#N)CCCOc1ccc(Br)c(C(=O)O)c1. The van der Waals surface area contributed by atoms with Gasteiger partial charge in [0.15, 0.2) is 0 Å². The Morgan fingerprint density at radius 3 is 2.79 bits per heavy atom. The van der Waals surface area contributed by atoms with Crippen molar-refractivity contribution in [1.82, 2.24) is 0 Å². The van der Waals surface area contributed by atoms with Crippen LogP contribution in [0.3, 0.4) is 0 Å². The molecule has 0 aromatic heterocycles. The molecule has 0 radical (unpaired) electrons. The third kappa shape index (κ3) is 4.92. The number of nitriles is 1. The van der Waals surface area contributed by atoms with E-state index < -0.39 is 5.97 Å². The number of carboxylic acids is 1. The Bertz CT molecular complexity index is 506. The lowest BCUT2D eigenvalue weighted by Gasteiger charge is -2.15. The molecule has 0 heterocycles. The minimum atomic E-state index is -0.997. The minimum absolute atomic E-state index is 0.176. The van der Waals surface area contributed by atoms with E-state index in [-0.39, 0.29) is 11.0 Å². The Morgan fingerprint density at radius 1 is 1.53 bits per heavy atom. The maximum absolute atomic E-state index is 11.0. The summed E-state index contributed by atoms with van der Waals surface area (Å²) in [6, 6.07) is 7.09. The summed E-state index contributed by atoms with van der Waals surface area (Å²) >= 11 is 3.18. The standard InChI is InChI=1S/C14H16BrNO3/c1-14(2,9-16)6-3-7-19-10-4-5-12(15)11(8-10)13(17)18/h4-5,8H,3,6-7H2,1-2H3,(H,17,18). The number of benzene rings is 1. The van der Waals surface area contributed by atoms with E-state index in [1.165, 1.54) is 6.07 Å². The fraction of sp³-hybridized carbons (Fsp3) is 0.429. The Balaban J connectivity index is 2.53. The molecule has 0 spiro atoms. The quantitative estimate of drug-likeness (QED) is 0.806. The number of aromatic carboxylic acids is 1. The van der Waals surface area contributed by atoms with Crippen LogP contribution in [0.25, 0.3) is 0 Å². The van der Waals surface area contributed by atoms with Crippen molar-refractivity contribution < 1.29 is 14.6 Å². The maximum Gasteiger partial charge on any atom is 0.336 e. The van der Waals surface area contributed by atoms with Gasteiger partial charge in [-0.05, 0) is 60.8 Å². The second kappa shape index (κ2) is 6.58. The van der Waals surface area contributed by atoms with Crippen LogP contribution in [0, 0.1) is 16.7 Å². The molecule has 0 aliphatic carbocycles. The number of halogens is 1. The average molecular weight is 326 g/mol. The van der Waals surface area contributed by atoms with E-state index in [2.05, 4.69) is 22.0 Å². The molecule has 0 bridgehead atoms. The van der Waals surface area contributed by atoms with Crippen molar-refractivity contribution in [2.24, 2.45) is 5.41 Å². The van der Waals surface area contributed by atoms with Crippen LogP contribution in [0.15, 0.2) is 22.7 Å². The number of hydrogen-bond donors (Lipinski definition) is 1. The van der Waals surface area contributed by atoms with E-state index in [4.69, 9.17) is 15.1 Å². The molecule has 0 unspecified atom stereocenters. The predicted octanol–water partition coefficient (Wildman–Crippen LogP) is 3.86. The molecule has 102 valence electrons. The first-order valence-electron chi connectivity index (χ1n) is 5.92. The highest BCUT2D eigenvalue weighted by Crippen LogP contribution is 2.24. The van der Waals surface area contributed by atoms with Gasteiger partial charge in [-0.25, -0.2) is 4.79 Å². The Labute approximate surface area is 121 Å². The van der Waals surface area contributed by atoms with E-state index >= 15 is 0 Å². The van der Waals surface area contributed by atoms with Gasteiger partial charge in [0.2, 0.25) is 0 Å². The van der Waals surface area contributed by atoms with Crippen molar-refractivity contribution in [2.45, 2.75) is 26.7 Å². The molecule has 1 rings (SSSR count). The number of ether oxygens (including phenoxy) is 1. The summed E-state index contributed by atoms with van der Waals surface area (Å²) in [6.45, 7) is 4.23. The second-order valence-electron chi connectivity index (χ2n) is 4.89. The van der Waals surface area contributed by atoms with Crippen molar-refractivity contribution in [1.29, 1.82) is 5.26 Å². The zero-order chi connectivity index (χ0) is 14.5. The fourth-order valence-electron chi connectivity index (χ4n) is 1.52. The number of hydrogen-bond acceptors (Lipinski definition) is 3. The van der Waals surface area contributed by atoms with Gasteiger partial charge < -0.3 is 9.84 Å². The number of carbonyl (C=O) groups is 1. The van der Waals surface area contributed by atoms with Gasteiger partial charge in [-0.3, -0.25) is 0 Å². The van der Waals surface area contributed by atoms with Gasteiger partial charge in [-0.1, -0.05) is 0 Å².